The van der Waals surface area contributed by atoms with Gasteiger partial charge in [0.1, 0.15) is 5.60 Å². The minimum Gasteiger partial charge on any atom is -0.472 e. The third-order valence-corrected chi connectivity index (χ3v) is 3.41. The Labute approximate surface area is 215 Å². The van der Waals surface area contributed by atoms with E-state index in [1.54, 1.807) is 27.7 Å². The van der Waals surface area contributed by atoms with Crippen molar-refractivity contribution in [2.24, 2.45) is 0 Å². The molecule has 0 saturated carbocycles. The fourth-order valence-electron chi connectivity index (χ4n) is 2.20. The third kappa shape index (κ3) is 47.4. The molecule has 0 amide bonds. The Bertz CT molecular complexity index is 438. The van der Waals surface area contributed by atoms with Gasteiger partial charge in [0.15, 0.2) is 0 Å². The van der Waals surface area contributed by atoms with Crippen molar-refractivity contribution in [2.75, 3.05) is 0 Å². The average Bonchev–Trinajstić information content (AvgIpc) is 2.58. The third-order valence-electron chi connectivity index (χ3n) is 3.41. The molecule has 2 N–H and O–H groups in total. The molecule has 0 aliphatic heterocycles. The first-order valence-corrected chi connectivity index (χ1v) is 12.1. The molecular weight excluding hydrogens is 436 g/mol. The van der Waals surface area contributed by atoms with Crippen LogP contribution in [-0.4, -0.2) is 34.0 Å². The molecule has 0 aromatic heterocycles. The van der Waals surface area contributed by atoms with Crippen LogP contribution in [-0.2, 0) is 31.2 Å². The summed E-state index contributed by atoms with van der Waals surface area (Å²) < 4.78 is 5.34. The van der Waals surface area contributed by atoms with Crippen LogP contribution < -0.4 is 0 Å². The van der Waals surface area contributed by atoms with Crippen LogP contribution in [0.4, 0.5) is 0 Å². The van der Waals surface area contributed by atoms with Crippen LogP contribution in [0.1, 0.15) is 127 Å². The van der Waals surface area contributed by atoms with Crippen LogP contribution in [0, 0.1) is 12.2 Å². The fraction of sp³-hybridized carbons (Fsp3) is 0.815. The van der Waals surface area contributed by atoms with E-state index in [1.807, 2.05) is 26.8 Å². The smallest absolute Gasteiger partial charge is 0.472 e. The molecule has 0 atom stereocenters. The topological polar surface area (TPSA) is 66.8 Å². The maximum Gasteiger partial charge on any atom is 2.00 e. The Morgan fingerprint density at radius 2 is 1.31 bits per heavy atom. The van der Waals surface area contributed by atoms with Gasteiger partial charge < -0.3 is 32.7 Å². The number of aliphatic hydroxyl groups excluding tert-OH is 2. The quantitative estimate of drug-likeness (QED) is 0.0766. The first-order valence-electron chi connectivity index (χ1n) is 12.1. The minimum absolute atomic E-state index is 0. The largest absolute Gasteiger partial charge is 2.00 e. The first-order chi connectivity index (χ1) is 14.4. The summed E-state index contributed by atoms with van der Waals surface area (Å²) in [5.74, 6) is -0.368. The van der Waals surface area contributed by atoms with Gasteiger partial charge in [-0.2, -0.15) is 0 Å². The van der Waals surface area contributed by atoms with Crippen molar-refractivity contribution in [3.05, 3.63) is 23.8 Å². The van der Waals surface area contributed by atoms with Gasteiger partial charge in [0, 0.05) is 12.2 Å². The molecule has 0 aromatic carbocycles. The summed E-state index contributed by atoms with van der Waals surface area (Å²) in [6, 6.07) is 0. The fourth-order valence-corrected chi connectivity index (χ4v) is 2.20. The van der Waals surface area contributed by atoms with Gasteiger partial charge in [-0.1, -0.05) is 65.2 Å². The second kappa shape index (κ2) is 26.8. The van der Waals surface area contributed by atoms with Crippen molar-refractivity contribution in [2.45, 2.75) is 144 Å². The maximum atomic E-state index is 11.9. The van der Waals surface area contributed by atoms with E-state index in [-0.39, 0.29) is 39.9 Å². The van der Waals surface area contributed by atoms with Gasteiger partial charge in [-0.25, -0.2) is 0 Å². The Balaban J connectivity index is -0.000000372. The number of hydrogen-bond acceptors (Lipinski definition) is 4. The standard InChI is InChI=1S/C21H36O2.2C3H8O.Ti/c1-6-8-10-12-13-15-17-19(16-14-11-9-7-2)18-20(22)23-21(3,4)5;2*1-3(2)4;/h17H,6-14,16H2,1-5H3;2*3-4H,1-2H3;/q-2;;;+2. The molecular formula is C27H52O4Ti. The van der Waals surface area contributed by atoms with Crippen LogP contribution in [0.2, 0.25) is 0 Å². The van der Waals surface area contributed by atoms with Crippen LogP contribution in [0.3, 0.4) is 0 Å². The summed E-state index contributed by atoms with van der Waals surface area (Å²) in [5, 5.41) is 16.1. The van der Waals surface area contributed by atoms with E-state index >= 15 is 0 Å². The van der Waals surface area contributed by atoms with Crippen LogP contribution in [0.15, 0.2) is 11.6 Å². The summed E-state index contributed by atoms with van der Waals surface area (Å²) in [6.45, 7) is 16.9. The number of esters is 1. The normalized spacial score (nSPS) is 11.5. The maximum absolute atomic E-state index is 11.9. The van der Waals surface area contributed by atoms with Crippen molar-refractivity contribution in [3.8, 4) is 0 Å². The van der Waals surface area contributed by atoms with Crippen LogP contribution in [0.25, 0.3) is 0 Å². The van der Waals surface area contributed by atoms with Crippen molar-refractivity contribution < 1.29 is 41.5 Å². The van der Waals surface area contributed by atoms with E-state index in [1.165, 1.54) is 44.9 Å². The summed E-state index contributed by atoms with van der Waals surface area (Å²) >= 11 is 0. The number of carbonyl (C=O) groups is 1. The van der Waals surface area contributed by atoms with E-state index in [9.17, 15) is 4.79 Å². The van der Waals surface area contributed by atoms with Crippen LogP contribution >= 0.6 is 0 Å². The monoisotopic (exact) mass is 488 g/mol. The van der Waals surface area contributed by atoms with E-state index in [4.69, 9.17) is 14.9 Å². The zero-order chi connectivity index (χ0) is 24.7. The predicted octanol–water partition coefficient (Wildman–Crippen LogP) is 7.13. The van der Waals surface area contributed by atoms with Gasteiger partial charge in [-0.15, -0.1) is 12.8 Å². The molecule has 0 rings (SSSR count). The Hall–Kier alpha value is -0.416. The molecule has 0 spiro atoms. The van der Waals surface area contributed by atoms with Crippen molar-refractivity contribution in [3.63, 3.8) is 0 Å². The van der Waals surface area contributed by atoms with E-state index < -0.39 is 5.60 Å². The molecule has 0 saturated heterocycles. The molecule has 188 valence electrons. The molecule has 0 aliphatic rings. The summed E-state index contributed by atoms with van der Waals surface area (Å²) in [6.07, 6.45) is 19.3. The van der Waals surface area contributed by atoms with Gasteiger partial charge in [0.25, 0.3) is 0 Å². The number of carbonyl (C=O) groups excluding carboxylic acids is 1. The summed E-state index contributed by atoms with van der Waals surface area (Å²) in [5.41, 5.74) is 0.455. The van der Waals surface area contributed by atoms with E-state index in [0.29, 0.717) is 0 Å². The molecule has 0 bridgehead atoms. The van der Waals surface area contributed by atoms with E-state index in [2.05, 4.69) is 26.0 Å². The molecule has 32 heavy (non-hydrogen) atoms. The van der Waals surface area contributed by atoms with Gasteiger partial charge >= 0.3 is 21.7 Å². The Kier molecular flexibility index (Phi) is 32.6. The van der Waals surface area contributed by atoms with Gasteiger partial charge in [-0.05, 0) is 48.5 Å². The Morgan fingerprint density at radius 1 is 0.875 bits per heavy atom. The number of hydrogen-bond donors (Lipinski definition) is 2. The predicted molar refractivity (Wildman–Crippen MR) is 133 cm³/mol. The molecule has 0 aliphatic carbocycles. The summed E-state index contributed by atoms with van der Waals surface area (Å²) in [4.78, 5) is 11.9. The van der Waals surface area contributed by atoms with Gasteiger partial charge in [-0.3, -0.25) is 10.9 Å². The molecule has 0 unspecified atom stereocenters. The number of rotatable bonds is 12. The minimum atomic E-state index is -0.467. The van der Waals surface area contributed by atoms with Gasteiger partial charge in [0.05, 0.1) is 0 Å². The molecule has 0 radical (unpaired) electrons. The molecule has 5 heteroatoms. The first kappa shape index (κ1) is 38.8. The molecule has 0 fully saturated rings. The molecule has 0 aromatic rings. The number of aliphatic hydroxyl groups is 2. The Morgan fingerprint density at radius 3 is 1.72 bits per heavy atom. The van der Waals surface area contributed by atoms with E-state index in [0.717, 1.165) is 24.8 Å². The van der Waals surface area contributed by atoms with Crippen molar-refractivity contribution in [1.29, 1.82) is 0 Å². The molecule has 0 heterocycles. The van der Waals surface area contributed by atoms with Crippen molar-refractivity contribution in [1.82, 2.24) is 0 Å². The van der Waals surface area contributed by atoms with Gasteiger partial charge in [0.2, 0.25) is 5.97 Å². The number of allylic oxidation sites excluding steroid dienone is 3. The number of unbranched alkanes of at least 4 members (excludes halogenated alkanes) is 7. The zero-order valence-electron chi connectivity index (χ0n) is 22.5. The molecule has 4 nitrogen and oxygen atoms in total. The van der Waals surface area contributed by atoms with Crippen molar-refractivity contribution >= 4 is 5.97 Å². The second-order valence-corrected chi connectivity index (χ2v) is 9.31. The van der Waals surface area contributed by atoms with Crippen LogP contribution in [0.5, 0.6) is 0 Å². The average molecular weight is 489 g/mol. The second-order valence-electron chi connectivity index (χ2n) is 9.31. The SMILES string of the molecule is CC(C)O.CC(C)O.CCCCCC[C-]=CC(=[C-]C(=O)OC(C)(C)C)CCCCCC.[Ti+2]. The summed E-state index contributed by atoms with van der Waals surface area (Å²) in [7, 11) is 0. The number of ether oxygens (including phenoxy) is 1. The zero-order valence-corrected chi connectivity index (χ0v) is 24.1.